The van der Waals surface area contributed by atoms with Gasteiger partial charge in [-0.1, -0.05) is 37.1 Å². The first-order valence-corrected chi connectivity index (χ1v) is 8.57. The lowest BCUT2D eigenvalue weighted by atomic mass is 9.48. The molecule has 23 heavy (non-hydrogen) atoms. The predicted molar refractivity (Wildman–Crippen MR) is 88.2 cm³/mol. The summed E-state index contributed by atoms with van der Waals surface area (Å²) in [7, 11) is 0. The van der Waals surface area contributed by atoms with Crippen LogP contribution >= 0.6 is 11.6 Å². The van der Waals surface area contributed by atoms with E-state index in [0.717, 1.165) is 18.8 Å². The van der Waals surface area contributed by atoms with Crippen LogP contribution in [0.2, 0.25) is 5.02 Å². The van der Waals surface area contributed by atoms with Crippen molar-refractivity contribution in [3.63, 3.8) is 0 Å². The average molecular weight is 334 g/mol. The fourth-order valence-electron chi connectivity index (χ4n) is 3.96. The van der Waals surface area contributed by atoms with Gasteiger partial charge in [0.2, 0.25) is 0 Å². The van der Waals surface area contributed by atoms with Gasteiger partial charge in [0.15, 0.2) is 0 Å². The molecule has 0 spiro atoms. The smallest absolute Gasteiger partial charge is 0.138 e. The molecule has 3 unspecified atom stereocenters. The van der Waals surface area contributed by atoms with E-state index >= 15 is 0 Å². The number of carboxylic acid groups (broad SMARTS) is 1. The van der Waals surface area contributed by atoms with Gasteiger partial charge in [-0.15, -0.1) is 0 Å². The average Bonchev–Trinajstić information content (AvgIpc) is 2.52. The van der Waals surface area contributed by atoms with E-state index in [0.29, 0.717) is 28.5 Å². The molecular formula is C19H22ClO3-. The molecule has 4 rings (SSSR count). The number of hydrogen-bond donors (Lipinski definition) is 0. The van der Waals surface area contributed by atoms with E-state index in [-0.39, 0.29) is 0 Å². The molecule has 0 aliphatic heterocycles. The molecule has 0 N–H and O–H groups in total. The molecule has 124 valence electrons. The number of carbonyl (C=O) groups excluding carboxylic acids is 1. The molecule has 0 aromatic heterocycles. The van der Waals surface area contributed by atoms with E-state index in [9.17, 15) is 9.90 Å². The second-order valence-corrected chi connectivity index (χ2v) is 7.68. The SMILES string of the molecule is CC1(C)C2CC=C(CCC(Oc3ccc(Cl)cc3)C(=O)[O-])C1C2. The number of carbonyl (C=O) groups is 1. The van der Waals surface area contributed by atoms with Gasteiger partial charge in [0.25, 0.3) is 0 Å². The van der Waals surface area contributed by atoms with Crippen LogP contribution in [0.25, 0.3) is 0 Å². The summed E-state index contributed by atoms with van der Waals surface area (Å²) >= 11 is 5.83. The van der Waals surface area contributed by atoms with Crippen molar-refractivity contribution in [3.05, 3.63) is 40.9 Å². The monoisotopic (exact) mass is 333 g/mol. The highest BCUT2D eigenvalue weighted by Crippen LogP contribution is 2.59. The Morgan fingerprint density at radius 1 is 1.39 bits per heavy atom. The summed E-state index contributed by atoms with van der Waals surface area (Å²) in [5.41, 5.74) is 1.75. The number of aliphatic carboxylic acids is 1. The molecule has 2 bridgehead atoms. The number of halogens is 1. The van der Waals surface area contributed by atoms with Gasteiger partial charge in [-0.3, -0.25) is 0 Å². The third kappa shape index (κ3) is 3.25. The van der Waals surface area contributed by atoms with E-state index in [4.69, 9.17) is 16.3 Å². The number of ether oxygens (including phenoxy) is 1. The van der Waals surface area contributed by atoms with Crippen molar-refractivity contribution in [1.29, 1.82) is 0 Å². The molecular weight excluding hydrogens is 312 g/mol. The maximum Gasteiger partial charge on any atom is 0.138 e. The summed E-state index contributed by atoms with van der Waals surface area (Å²) in [4.78, 5) is 11.4. The van der Waals surface area contributed by atoms with E-state index < -0.39 is 12.1 Å². The summed E-state index contributed by atoms with van der Waals surface area (Å²) in [5.74, 6) is 0.727. The minimum absolute atomic E-state index is 0.359. The van der Waals surface area contributed by atoms with E-state index in [1.807, 2.05) is 0 Å². The Bertz CT molecular complexity index is 618. The van der Waals surface area contributed by atoms with Gasteiger partial charge in [0.05, 0.1) is 5.97 Å². The maximum absolute atomic E-state index is 11.4. The number of carboxylic acids is 1. The van der Waals surface area contributed by atoms with Gasteiger partial charge in [-0.05, 0) is 67.2 Å². The van der Waals surface area contributed by atoms with Crippen LogP contribution in [0, 0.1) is 17.3 Å². The minimum atomic E-state index is -1.16. The molecule has 1 fully saturated rings. The van der Waals surface area contributed by atoms with Crippen molar-refractivity contribution in [3.8, 4) is 5.75 Å². The summed E-state index contributed by atoms with van der Waals surface area (Å²) in [5, 5.41) is 12.0. The molecule has 3 aliphatic carbocycles. The molecule has 1 aromatic carbocycles. The fraction of sp³-hybridized carbons (Fsp3) is 0.526. The minimum Gasteiger partial charge on any atom is -0.546 e. The molecule has 1 saturated carbocycles. The third-order valence-electron chi connectivity index (χ3n) is 5.63. The van der Waals surface area contributed by atoms with Crippen LogP contribution in [0.3, 0.4) is 0 Å². The lowest BCUT2D eigenvalue weighted by molar-refractivity contribution is -0.313. The zero-order valence-electron chi connectivity index (χ0n) is 13.5. The number of allylic oxidation sites excluding steroid dienone is 2. The van der Waals surface area contributed by atoms with Crippen LogP contribution < -0.4 is 9.84 Å². The number of rotatable bonds is 6. The Hall–Kier alpha value is -1.48. The molecule has 4 heteroatoms. The molecule has 3 nitrogen and oxygen atoms in total. The Kier molecular flexibility index (Phi) is 4.41. The highest BCUT2D eigenvalue weighted by atomic mass is 35.5. The van der Waals surface area contributed by atoms with Crippen LogP contribution in [0.15, 0.2) is 35.9 Å². The summed E-state index contributed by atoms with van der Waals surface area (Å²) < 4.78 is 5.57. The summed E-state index contributed by atoms with van der Waals surface area (Å²) in [6.07, 6.45) is 4.93. The van der Waals surface area contributed by atoms with Gasteiger partial charge in [0.1, 0.15) is 11.9 Å². The van der Waals surface area contributed by atoms with Crippen LogP contribution in [-0.2, 0) is 4.79 Å². The van der Waals surface area contributed by atoms with Gasteiger partial charge in [-0.25, -0.2) is 0 Å². The van der Waals surface area contributed by atoms with E-state index in [2.05, 4.69) is 19.9 Å². The summed E-state index contributed by atoms with van der Waals surface area (Å²) in [6.45, 7) is 4.64. The first kappa shape index (κ1) is 16.4. The largest absolute Gasteiger partial charge is 0.546 e. The Balaban J connectivity index is 1.61. The molecule has 0 saturated heterocycles. The van der Waals surface area contributed by atoms with E-state index in [1.54, 1.807) is 24.3 Å². The number of hydrogen-bond acceptors (Lipinski definition) is 3. The van der Waals surface area contributed by atoms with Crippen molar-refractivity contribution in [2.45, 2.75) is 45.6 Å². The zero-order chi connectivity index (χ0) is 16.6. The lowest BCUT2D eigenvalue weighted by Crippen LogP contribution is -2.48. The molecule has 0 amide bonds. The van der Waals surface area contributed by atoms with Crippen LogP contribution in [-0.4, -0.2) is 12.1 Å². The Labute approximate surface area is 142 Å². The maximum atomic E-state index is 11.4. The van der Waals surface area contributed by atoms with Gasteiger partial charge in [0, 0.05) is 5.02 Å². The normalized spacial score (nSPS) is 26.0. The topological polar surface area (TPSA) is 49.4 Å². The molecule has 1 aromatic rings. The quantitative estimate of drug-likeness (QED) is 0.747. The number of fused-ring (bicyclic) bond motifs is 1. The van der Waals surface area contributed by atoms with Crippen molar-refractivity contribution in [2.24, 2.45) is 17.3 Å². The van der Waals surface area contributed by atoms with Crippen molar-refractivity contribution in [2.75, 3.05) is 0 Å². The van der Waals surface area contributed by atoms with Gasteiger partial charge < -0.3 is 14.6 Å². The second-order valence-electron chi connectivity index (χ2n) is 7.24. The lowest BCUT2D eigenvalue weighted by Gasteiger charge is -2.56. The standard InChI is InChI=1S/C19H23ClO3/c1-19(2)13-5-3-12(16(19)11-13)4-10-17(18(21)22)23-15-8-6-14(20)7-9-15/h3,6-9,13,16-17H,4-5,10-11H2,1-2H3,(H,21,22)/p-1. The molecule has 0 radical (unpaired) electrons. The Morgan fingerprint density at radius 3 is 2.65 bits per heavy atom. The Morgan fingerprint density at radius 2 is 2.09 bits per heavy atom. The predicted octanol–water partition coefficient (Wildman–Crippen LogP) is 3.61. The van der Waals surface area contributed by atoms with Crippen LogP contribution in [0.4, 0.5) is 0 Å². The highest BCUT2D eigenvalue weighted by Gasteiger charge is 2.50. The van der Waals surface area contributed by atoms with Crippen molar-refractivity contribution < 1.29 is 14.6 Å². The van der Waals surface area contributed by atoms with Gasteiger partial charge >= 0.3 is 0 Å². The van der Waals surface area contributed by atoms with E-state index in [1.165, 1.54) is 12.0 Å². The molecule has 3 atom stereocenters. The van der Waals surface area contributed by atoms with Crippen LogP contribution in [0.1, 0.15) is 39.5 Å². The highest BCUT2D eigenvalue weighted by molar-refractivity contribution is 6.30. The first-order valence-electron chi connectivity index (χ1n) is 8.20. The fourth-order valence-corrected chi connectivity index (χ4v) is 4.08. The molecule has 0 heterocycles. The third-order valence-corrected chi connectivity index (χ3v) is 5.88. The second kappa shape index (κ2) is 6.20. The first-order chi connectivity index (χ1) is 10.9. The number of benzene rings is 1. The van der Waals surface area contributed by atoms with Crippen molar-refractivity contribution >= 4 is 17.6 Å². The van der Waals surface area contributed by atoms with Gasteiger partial charge in [-0.2, -0.15) is 0 Å². The summed E-state index contributed by atoms with van der Waals surface area (Å²) in [6, 6.07) is 6.73. The molecule has 3 aliphatic rings. The van der Waals surface area contributed by atoms with Crippen LogP contribution in [0.5, 0.6) is 5.75 Å². The van der Waals surface area contributed by atoms with Crippen molar-refractivity contribution in [1.82, 2.24) is 0 Å². The zero-order valence-corrected chi connectivity index (χ0v) is 14.3.